The number of hydrogen-bond acceptors (Lipinski definition) is 2. The number of rotatable bonds is 6. The van der Waals surface area contributed by atoms with Gasteiger partial charge < -0.3 is 5.32 Å². The second-order valence-corrected chi connectivity index (χ2v) is 6.92. The monoisotopic (exact) mass is 401 g/mol. The molecule has 4 nitrogen and oxygen atoms in total. The van der Waals surface area contributed by atoms with Crippen molar-refractivity contribution >= 4 is 17.5 Å². The van der Waals surface area contributed by atoms with Crippen molar-refractivity contribution in [3.8, 4) is 0 Å². The van der Waals surface area contributed by atoms with Crippen LogP contribution in [0.5, 0.6) is 0 Å². The van der Waals surface area contributed by atoms with Crippen LogP contribution in [0.1, 0.15) is 72.9 Å². The lowest BCUT2D eigenvalue weighted by atomic mass is 9.95. The minimum atomic E-state index is -4.69. The normalized spacial score (nSPS) is 14.1. The fourth-order valence-corrected chi connectivity index (χ4v) is 3.24. The summed E-state index contributed by atoms with van der Waals surface area (Å²) in [4.78, 5) is 12.5. The number of aryl methyl sites for hydroxylation is 1. The van der Waals surface area contributed by atoms with Crippen molar-refractivity contribution in [3.05, 3.63) is 51.8 Å². The molecule has 27 heavy (non-hydrogen) atoms. The molecule has 0 saturated heterocycles. The summed E-state index contributed by atoms with van der Waals surface area (Å²) in [7, 11) is 1.11. The fraction of sp³-hybridized carbons (Fsp3) is 0.474. The van der Waals surface area contributed by atoms with Crippen LogP contribution in [0.25, 0.3) is 0 Å². The van der Waals surface area contributed by atoms with Crippen LogP contribution >= 0.6 is 11.6 Å². The lowest BCUT2D eigenvalue weighted by molar-refractivity contribution is -0.143. The highest BCUT2D eigenvalue weighted by atomic mass is 35.5. The molecule has 2 unspecified atom stereocenters. The second kappa shape index (κ2) is 8.33. The molecular weight excluding hydrogens is 379 g/mol. The van der Waals surface area contributed by atoms with Gasteiger partial charge in [0.25, 0.3) is 5.91 Å². The lowest BCUT2D eigenvalue weighted by Crippen LogP contribution is -2.28. The van der Waals surface area contributed by atoms with Gasteiger partial charge in [-0.2, -0.15) is 18.3 Å². The molecule has 0 spiro atoms. The van der Waals surface area contributed by atoms with Gasteiger partial charge in [-0.15, -0.1) is 0 Å². The zero-order valence-corrected chi connectivity index (χ0v) is 16.4. The maximum Gasteiger partial charge on any atom is 0.434 e. The van der Waals surface area contributed by atoms with Crippen molar-refractivity contribution in [3.63, 3.8) is 0 Å². The van der Waals surface area contributed by atoms with E-state index in [9.17, 15) is 18.0 Å². The van der Waals surface area contributed by atoms with Crippen LogP contribution in [0.3, 0.4) is 0 Å². The van der Waals surface area contributed by atoms with Crippen LogP contribution in [0.15, 0.2) is 24.3 Å². The molecule has 1 aromatic heterocycles. The number of nitrogens with one attached hydrogen (secondary N) is 1. The summed E-state index contributed by atoms with van der Waals surface area (Å²) < 4.78 is 39.7. The first-order chi connectivity index (χ1) is 12.6. The Morgan fingerprint density at radius 3 is 2.19 bits per heavy atom. The van der Waals surface area contributed by atoms with Gasteiger partial charge in [0.15, 0.2) is 11.4 Å². The fourth-order valence-electron chi connectivity index (χ4n) is 2.89. The van der Waals surface area contributed by atoms with E-state index < -0.39 is 28.5 Å². The summed E-state index contributed by atoms with van der Waals surface area (Å²) in [5, 5.41) is 5.70. The molecule has 0 saturated carbocycles. The Morgan fingerprint density at radius 2 is 1.74 bits per heavy atom. The third-order valence-corrected chi connectivity index (χ3v) is 5.06. The van der Waals surface area contributed by atoms with Crippen molar-refractivity contribution in [2.45, 2.75) is 51.7 Å². The standard InChI is InChI=1S/C19H23ClF3N3O/c1-5-11(3)12-7-9-13(10-8-12)14(6-2)24-18(27)16-15(20)17(19(21,22)23)26(4)25-16/h7-11,14H,5-6H2,1-4H3,(H,24,27). The van der Waals surface area contributed by atoms with E-state index in [0.717, 1.165) is 19.0 Å². The molecule has 0 bridgehead atoms. The van der Waals surface area contributed by atoms with Gasteiger partial charge in [-0.3, -0.25) is 9.48 Å². The second-order valence-electron chi connectivity index (χ2n) is 6.54. The summed E-state index contributed by atoms with van der Waals surface area (Å²) in [6.07, 6.45) is -3.09. The number of amides is 1. The molecule has 1 amide bonds. The maximum absolute atomic E-state index is 13.0. The molecule has 148 valence electrons. The summed E-state index contributed by atoms with van der Waals surface area (Å²) >= 11 is 5.79. The number of halogens is 4. The van der Waals surface area contributed by atoms with E-state index in [2.05, 4.69) is 24.3 Å². The molecule has 2 aromatic rings. The van der Waals surface area contributed by atoms with Gasteiger partial charge in [0.1, 0.15) is 5.02 Å². The zero-order valence-electron chi connectivity index (χ0n) is 15.7. The number of nitrogens with zero attached hydrogens (tertiary/aromatic N) is 2. The number of carbonyl (C=O) groups excluding carboxylic acids is 1. The molecule has 2 rings (SSSR count). The summed E-state index contributed by atoms with van der Waals surface area (Å²) in [5.41, 5.74) is 0.507. The number of alkyl halides is 3. The zero-order chi connectivity index (χ0) is 20.4. The van der Waals surface area contributed by atoms with Crippen LogP contribution in [0.4, 0.5) is 13.2 Å². The van der Waals surface area contributed by atoms with Gasteiger partial charge in [-0.05, 0) is 29.9 Å². The molecule has 0 fully saturated rings. The van der Waals surface area contributed by atoms with Crippen molar-refractivity contribution in [2.24, 2.45) is 7.05 Å². The Kier molecular flexibility index (Phi) is 6.57. The van der Waals surface area contributed by atoms with Crippen LogP contribution in [0, 0.1) is 0 Å². The molecule has 8 heteroatoms. The van der Waals surface area contributed by atoms with Crippen LogP contribution in [-0.4, -0.2) is 15.7 Å². The van der Waals surface area contributed by atoms with Crippen molar-refractivity contribution in [2.75, 3.05) is 0 Å². The maximum atomic E-state index is 13.0. The largest absolute Gasteiger partial charge is 0.434 e. The average molecular weight is 402 g/mol. The highest BCUT2D eigenvalue weighted by molar-refractivity contribution is 6.34. The molecule has 1 N–H and O–H groups in total. The van der Waals surface area contributed by atoms with Gasteiger partial charge in [0.2, 0.25) is 0 Å². The molecular formula is C19H23ClF3N3O. The Labute approximate surface area is 161 Å². The molecule has 0 aliphatic rings. The molecule has 1 heterocycles. The van der Waals surface area contributed by atoms with E-state index in [1.807, 2.05) is 31.2 Å². The smallest absolute Gasteiger partial charge is 0.344 e. The topological polar surface area (TPSA) is 46.9 Å². The Hall–Kier alpha value is -2.02. The predicted octanol–water partition coefficient (Wildman–Crippen LogP) is 5.49. The third kappa shape index (κ3) is 4.64. The molecule has 2 atom stereocenters. The first-order valence-electron chi connectivity index (χ1n) is 8.80. The molecule has 1 aromatic carbocycles. The highest BCUT2D eigenvalue weighted by Gasteiger charge is 2.40. The first-order valence-corrected chi connectivity index (χ1v) is 9.18. The number of aromatic nitrogens is 2. The van der Waals surface area contributed by atoms with Crippen molar-refractivity contribution < 1.29 is 18.0 Å². The van der Waals surface area contributed by atoms with Crippen molar-refractivity contribution in [1.29, 1.82) is 0 Å². The lowest BCUT2D eigenvalue weighted by Gasteiger charge is -2.18. The third-order valence-electron chi connectivity index (χ3n) is 4.71. The SMILES string of the molecule is CCC(C)c1ccc(C(CC)NC(=O)c2nn(C)c(C(F)(F)F)c2Cl)cc1. The quantitative estimate of drug-likeness (QED) is 0.696. The number of benzene rings is 1. The first kappa shape index (κ1) is 21.3. The summed E-state index contributed by atoms with van der Waals surface area (Å²) in [6, 6.07) is 7.52. The Morgan fingerprint density at radius 1 is 1.19 bits per heavy atom. The predicted molar refractivity (Wildman–Crippen MR) is 98.9 cm³/mol. The molecule has 0 radical (unpaired) electrons. The van der Waals surface area contributed by atoms with E-state index in [-0.39, 0.29) is 6.04 Å². The van der Waals surface area contributed by atoms with E-state index >= 15 is 0 Å². The van der Waals surface area contributed by atoms with Gasteiger partial charge in [-0.1, -0.05) is 56.6 Å². The van der Waals surface area contributed by atoms with Gasteiger partial charge >= 0.3 is 6.18 Å². The molecule has 0 aliphatic carbocycles. The van der Waals surface area contributed by atoms with E-state index in [1.165, 1.54) is 5.56 Å². The van der Waals surface area contributed by atoms with Gasteiger partial charge in [0, 0.05) is 7.05 Å². The summed E-state index contributed by atoms with van der Waals surface area (Å²) in [6.45, 7) is 6.13. The van der Waals surface area contributed by atoms with Crippen LogP contribution in [0.2, 0.25) is 5.02 Å². The van der Waals surface area contributed by atoms with Gasteiger partial charge in [0.05, 0.1) is 6.04 Å². The molecule has 0 aliphatic heterocycles. The average Bonchev–Trinajstić information content (AvgIpc) is 2.93. The van der Waals surface area contributed by atoms with E-state index in [4.69, 9.17) is 11.6 Å². The minimum absolute atomic E-state index is 0.351. The Bertz CT molecular complexity index is 800. The van der Waals surface area contributed by atoms with E-state index in [1.54, 1.807) is 0 Å². The van der Waals surface area contributed by atoms with Gasteiger partial charge in [-0.25, -0.2) is 0 Å². The number of carbonyl (C=O) groups is 1. The Balaban J connectivity index is 2.23. The van der Waals surface area contributed by atoms with E-state index in [0.29, 0.717) is 17.0 Å². The van der Waals surface area contributed by atoms with Crippen molar-refractivity contribution in [1.82, 2.24) is 15.1 Å². The number of hydrogen-bond donors (Lipinski definition) is 1. The summed E-state index contributed by atoms with van der Waals surface area (Å²) in [5.74, 6) is -0.300. The van der Waals surface area contributed by atoms with Crippen LogP contribution in [-0.2, 0) is 13.2 Å². The highest BCUT2D eigenvalue weighted by Crippen LogP contribution is 2.36. The van der Waals surface area contributed by atoms with Crippen LogP contribution < -0.4 is 5.32 Å². The minimum Gasteiger partial charge on any atom is -0.344 e.